The van der Waals surface area contributed by atoms with Gasteiger partial charge in [-0.2, -0.15) is 0 Å². The molecule has 7 heteroatoms. The maximum absolute atomic E-state index is 12.9. The van der Waals surface area contributed by atoms with Crippen molar-refractivity contribution in [1.29, 1.82) is 0 Å². The van der Waals surface area contributed by atoms with Gasteiger partial charge >= 0.3 is 0 Å². The molecular weight excluding hydrogens is 311 g/mol. The summed E-state index contributed by atoms with van der Waals surface area (Å²) in [5.74, 6) is -0.268. The Hall–Kier alpha value is -2.28. The van der Waals surface area contributed by atoms with Gasteiger partial charge in [-0.1, -0.05) is 17.3 Å². The number of aromatic nitrogens is 3. The van der Waals surface area contributed by atoms with Crippen LogP contribution < -0.4 is 0 Å². The lowest BCUT2D eigenvalue weighted by molar-refractivity contribution is -0.139. The molecule has 0 saturated carbocycles. The van der Waals surface area contributed by atoms with Crippen molar-refractivity contribution in [2.24, 2.45) is 0 Å². The second-order valence-electron chi connectivity index (χ2n) is 6.37. The van der Waals surface area contributed by atoms with Crippen LogP contribution in [0, 0.1) is 5.82 Å². The molecule has 1 aliphatic rings. The molecule has 3 rings (SSSR count). The molecule has 1 aliphatic heterocycles. The summed E-state index contributed by atoms with van der Waals surface area (Å²) in [4.78, 5) is 14.1. The van der Waals surface area contributed by atoms with Gasteiger partial charge in [-0.25, -0.2) is 9.07 Å². The molecule has 1 saturated heterocycles. The first-order valence-corrected chi connectivity index (χ1v) is 8.13. The highest BCUT2D eigenvalue weighted by molar-refractivity contribution is 5.76. The smallest absolute Gasteiger partial charge is 0.223 e. The van der Waals surface area contributed by atoms with Crippen LogP contribution in [0.1, 0.15) is 24.8 Å². The molecule has 2 aromatic rings. The topological polar surface area (TPSA) is 71.2 Å². The predicted octanol–water partition coefficient (Wildman–Crippen LogP) is 1.40. The van der Waals surface area contributed by atoms with Gasteiger partial charge in [0.05, 0.1) is 19.3 Å². The first kappa shape index (κ1) is 16.6. The number of amides is 1. The molecule has 24 heavy (non-hydrogen) atoms. The molecule has 128 valence electrons. The van der Waals surface area contributed by atoms with E-state index >= 15 is 0 Å². The van der Waals surface area contributed by atoms with Gasteiger partial charge in [0.15, 0.2) is 0 Å². The number of nitrogens with zero attached hydrogens (tertiary/aromatic N) is 4. The van der Waals surface area contributed by atoms with Crippen LogP contribution >= 0.6 is 0 Å². The zero-order chi connectivity index (χ0) is 17.0. The van der Waals surface area contributed by atoms with Crippen molar-refractivity contribution in [2.75, 3.05) is 13.1 Å². The average Bonchev–Trinajstić information content (AvgIpc) is 3.06. The van der Waals surface area contributed by atoms with Gasteiger partial charge < -0.3 is 10.0 Å². The van der Waals surface area contributed by atoms with Gasteiger partial charge in [0.25, 0.3) is 0 Å². The Morgan fingerprint density at radius 2 is 2.12 bits per heavy atom. The van der Waals surface area contributed by atoms with E-state index in [-0.39, 0.29) is 11.7 Å². The van der Waals surface area contributed by atoms with Crippen molar-refractivity contribution in [2.45, 2.75) is 37.8 Å². The van der Waals surface area contributed by atoms with Gasteiger partial charge in [-0.3, -0.25) is 4.79 Å². The second kappa shape index (κ2) is 7.09. The lowest BCUT2D eigenvalue weighted by atomic mass is 9.92. The summed E-state index contributed by atoms with van der Waals surface area (Å²) in [5, 5.41) is 18.4. The molecule has 0 spiro atoms. The third-order valence-electron chi connectivity index (χ3n) is 4.38. The number of β-amino-alcohol motifs (C(OH)–C–C–N with tert-alkyl or cyclic N) is 1. The minimum atomic E-state index is -0.975. The molecule has 0 radical (unpaired) electrons. The normalized spacial score (nSPS) is 21.0. The lowest BCUT2D eigenvalue weighted by Gasteiger charge is -2.39. The number of carbonyl (C=O) groups is 1. The Bertz CT molecular complexity index is 674. The zero-order valence-corrected chi connectivity index (χ0v) is 13.4. The number of aliphatic hydroxyl groups is 1. The second-order valence-corrected chi connectivity index (χ2v) is 6.37. The molecule has 0 aliphatic carbocycles. The number of likely N-dealkylation sites (tertiary alicyclic amines) is 1. The van der Waals surface area contributed by atoms with Crippen molar-refractivity contribution in [3.8, 4) is 0 Å². The zero-order valence-electron chi connectivity index (χ0n) is 13.4. The highest BCUT2D eigenvalue weighted by Crippen LogP contribution is 2.23. The summed E-state index contributed by atoms with van der Waals surface area (Å²) < 4.78 is 14.5. The molecule has 1 aromatic carbocycles. The molecule has 6 nitrogen and oxygen atoms in total. The first-order chi connectivity index (χ1) is 11.5. The van der Waals surface area contributed by atoms with Crippen molar-refractivity contribution in [1.82, 2.24) is 19.9 Å². The fraction of sp³-hybridized carbons (Fsp3) is 0.471. The number of aryl methyl sites for hydroxylation is 1. The van der Waals surface area contributed by atoms with E-state index in [4.69, 9.17) is 0 Å². The fourth-order valence-electron chi connectivity index (χ4n) is 3.13. The van der Waals surface area contributed by atoms with E-state index in [1.807, 2.05) is 0 Å². The quantitative estimate of drug-likeness (QED) is 0.898. The van der Waals surface area contributed by atoms with Crippen molar-refractivity contribution >= 4 is 5.91 Å². The fourth-order valence-corrected chi connectivity index (χ4v) is 3.13. The highest BCUT2D eigenvalue weighted by atomic mass is 19.1. The summed E-state index contributed by atoms with van der Waals surface area (Å²) in [6, 6.07) is 6.19. The molecule has 1 amide bonds. The molecule has 2 heterocycles. The van der Waals surface area contributed by atoms with Gasteiger partial charge in [-0.15, -0.1) is 5.10 Å². The number of hydrogen-bond acceptors (Lipinski definition) is 4. The Morgan fingerprint density at radius 1 is 1.33 bits per heavy atom. The first-order valence-electron chi connectivity index (χ1n) is 8.13. The predicted molar refractivity (Wildman–Crippen MR) is 85.5 cm³/mol. The van der Waals surface area contributed by atoms with Crippen LogP contribution in [0.2, 0.25) is 0 Å². The molecule has 1 aromatic heterocycles. The minimum Gasteiger partial charge on any atom is -0.386 e. The van der Waals surface area contributed by atoms with Crippen LogP contribution in [0.5, 0.6) is 0 Å². The minimum absolute atomic E-state index is 0.0102. The molecule has 1 unspecified atom stereocenters. The van der Waals surface area contributed by atoms with E-state index in [1.165, 1.54) is 12.1 Å². The SMILES string of the molecule is O=C(CCc1ccc(F)cc1)N1CCCC(O)(Cn2ccnn2)C1. The third kappa shape index (κ3) is 4.17. The average molecular weight is 332 g/mol. The van der Waals surface area contributed by atoms with Crippen molar-refractivity contribution in [3.63, 3.8) is 0 Å². The Labute approximate surface area is 139 Å². The lowest BCUT2D eigenvalue weighted by Crippen LogP contribution is -2.52. The van der Waals surface area contributed by atoms with E-state index in [1.54, 1.807) is 34.1 Å². The summed E-state index contributed by atoms with van der Waals surface area (Å²) in [6.45, 7) is 1.28. The molecule has 1 fully saturated rings. The van der Waals surface area contributed by atoms with E-state index in [2.05, 4.69) is 10.3 Å². The van der Waals surface area contributed by atoms with Crippen LogP contribution in [0.15, 0.2) is 36.7 Å². The largest absolute Gasteiger partial charge is 0.386 e. The molecule has 1 atom stereocenters. The maximum atomic E-state index is 12.9. The van der Waals surface area contributed by atoms with Crippen LogP contribution in [-0.4, -0.2) is 49.6 Å². The van der Waals surface area contributed by atoms with Crippen LogP contribution in [0.4, 0.5) is 4.39 Å². The molecule has 1 N–H and O–H groups in total. The maximum Gasteiger partial charge on any atom is 0.223 e. The Kier molecular flexibility index (Phi) is 4.89. The van der Waals surface area contributed by atoms with Crippen molar-refractivity contribution in [3.05, 3.63) is 48.0 Å². The molecular formula is C17H21FN4O2. The molecule has 0 bridgehead atoms. The van der Waals surface area contributed by atoms with E-state index in [9.17, 15) is 14.3 Å². The van der Waals surface area contributed by atoms with E-state index in [0.717, 1.165) is 12.0 Å². The van der Waals surface area contributed by atoms with E-state index in [0.29, 0.717) is 38.9 Å². The number of carbonyl (C=O) groups excluding carboxylic acids is 1. The van der Waals surface area contributed by atoms with E-state index < -0.39 is 5.60 Å². The van der Waals surface area contributed by atoms with Crippen LogP contribution in [0.25, 0.3) is 0 Å². The third-order valence-corrected chi connectivity index (χ3v) is 4.38. The van der Waals surface area contributed by atoms with Crippen LogP contribution in [0.3, 0.4) is 0 Å². The van der Waals surface area contributed by atoms with Gasteiger partial charge in [0.2, 0.25) is 5.91 Å². The number of hydrogen-bond donors (Lipinski definition) is 1. The Balaban J connectivity index is 1.55. The number of benzene rings is 1. The van der Waals surface area contributed by atoms with Gasteiger partial charge in [-0.05, 0) is 37.0 Å². The summed E-state index contributed by atoms with van der Waals surface area (Å²) >= 11 is 0. The summed E-state index contributed by atoms with van der Waals surface area (Å²) in [6.07, 6.45) is 5.58. The number of rotatable bonds is 5. The standard InChI is InChI=1S/C17H21FN4O2/c18-15-5-2-14(3-6-15)4-7-16(23)21-10-1-8-17(24,12-21)13-22-11-9-19-20-22/h2-3,5-6,9,11,24H,1,4,7-8,10,12-13H2. The number of piperidine rings is 1. The van der Waals surface area contributed by atoms with Crippen LogP contribution in [-0.2, 0) is 17.8 Å². The number of halogens is 1. The van der Waals surface area contributed by atoms with Gasteiger partial charge in [0, 0.05) is 19.2 Å². The summed E-state index contributed by atoms with van der Waals surface area (Å²) in [5.41, 5.74) is -0.0445. The Morgan fingerprint density at radius 3 is 2.83 bits per heavy atom. The monoisotopic (exact) mass is 332 g/mol. The highest BCUT2D eigenvalue weighted by Gasteiger charge is 2.35. The van der Waals surface area contributed by atoms with Gasteiger partial charge in [0.1, 0.15) is 11.4 Å². The summed E-state index contributed by atoms with van der Waals surface area (Å²) in [7, 11) is 0. The van der Waals surface area contributed by atoms with Crippen molar-refractivity contribution < 1.29 is 14.3 Å².